The summed E-state index contributed by atoms with van der Waals surface area (Å²) in [5.74, 6) is -1.18. The van der Waals surface area contributed by atoms with E-state index in [2.05, 4.69) is 5.32 Å². The van der Waals surface area contributed by atoms with Gasteiger partial charge in [0.15, 0.2) is 5.60 Å². The van der Waals surface area contributed by atoms with Crippen LogP contribution in [-0.2, 0) is 28.6 Å². The smallest absolute Gasteiger partial charge is 0.410 e. The van der Waals surface area contributed by atoms with Crippen LogP contribution in [0.1, 0.15) is 73.6 Å². The van der Waals surface area contributed by atoms with E-state index in [1.807, 2.05) is 25.1 Å². The second-order valence-corrected chi connectivity index (χ2v) is 14.6. The van der Waals surface area contributed by atoms with Crippen molar-refractivity contribution in [2.45, 2.75) is 96.4 Å². The fraction of sp³-hybridized carbons (Fsp3) is 0.706. The van der Waals surface area contributed by atoms with Crippen LogP contribution in [0, 0.1) is 11.8 Å². The van der Waals surface area contributed by atoms with Gasteiger partial charge in [-0.25, -0.2) is 4.79 Å². The number of anilines is 2. The Morgan fingerprint density at radius 1 is 1.11 bits per heavy atom. The quantitative estimate of drug-likeness (QED) is 0.361. The molecular formula is C34H50N4O8. The van der Waals surface area contributed by atoms with Gasteiger partial charge in [0.2, 0.25) is 11.8 Å². The van der Waals surface area contributed by atoms with Gasteiger partial charge in [-0.2, -0.15) is 0 Å². The number of ether oxygens (including phenoxy) is 4. The second-order valence-electron chi connectivity index (χ2n) is 14.6. The molecule has 1 aromatic carbocycles. The molecule has 46 heavy (non-hydrogen) atoms. The molecule has 0 unspecified atom stereocenters. The molecule has 12 nitrogen and oxygen atoms in total. The molecule has 1 aromatic rings. The number of piperidine rings is 1. The molecular weight excluding hydrogens is 592 g/mol. The van der Waals surface area contributed by atoms with Crippen molar-refractivity contribution in [3.8, 4) is 5.75 Å². The van der Waals surface area contributed by atoms with Gasteiger partial charge in [0, 0.05) is 45.1 Å². The maximum atomic E-state index is 14.5. The molecule has 4 amide bonds. The normalized spacial score (nSPS) is 23.2. The first-order valence-electron chi connectivity index (χ1n) is 16.5. The first-order chi connectivity index (χ1) is 21.7. The van der Waals surface area contributed by atoms with E-state index in [9.17, 15) is 19.2 Å². The number of rotatable bonds is 11. The molecule has 2 saturated carbocycles. The number of nitrogens with one attached hydrogen (secondary N) is 1. The zero-order valence-electron chi connectivity index (χ0n) is 28.3. The van der Waals surface area contributed by atoms with Crippen molar-refractivity contribution in [1.82, 2.24) is 10.2 Å². The van der Waals surface area contributed by atoms with Crippen LogP contribution >= 0.6 is 0 Å². The van der Waals surface area contributed by atoms with Gasteiger partial charge in [-0.1, -0.05) is 0 Å². The summed E-state index contributed by atoms with van der Waals surface area (Å²) in [6, 6.07) is 5.48. The Bertz CT molecular complexity index is 1330. The molecule has 0 bridgehead atoms. The maximum absolute atomic E-state index is 14.5. The molecule has 5 rings (SSSR count). The highest BCUT2D eigenvalue weighted by molar-refractivity contribution is 6.04. The van der Waals surface area contributed by atoms with Crippen LogP contribution in [0.2, 0.25) is 0 Å². The Morgan fingerprint density at radius 2 is 1.80 bits per heavy atom. The predicted molar refractivity (Wildman–Crippen MR) is 172 cm³/mol. The van der Waals surface area contributed by atoms with Gasteiger partial charge in [0.25, 0.3) is 5.91 Å². The van der Waals surface area contributed by atoms with Crippen LogP contribution in [0.25, 0.3) is 0 Å². The van der Waals surface area contributed by atoms with Crippen LogP contribution in [0.4, 0.5) is 16.2 Å². The van der Waals surface area contributed by atoms with Crippen molar-refractivity contribution in [3.63, 3.8) is 0 Å². The molecule has 0 radical (unpaired) electrons. The van der Waals surface area contributed by atoms with E-state index in [0.29, 0.717) is 49.9 Å². The molecule has 2 aliphatic heterocycles. The SMILES string of the molecule is CCOCCN1C(=O)C(C)(C)Oc2ccc(N(C(=O)[C@@H]3C[C@H](C(=O)NC4(COC)CC4)CN(C(=O)OC(C)(C)C)C3)C3CC3)cc21. The molecule has 12 heteroatoms. The second kappa shape index (κ2) is 13.0. The average Bonchev–Trinajstić information content (AvgIpc) is 3.92. The Morgan fingerprint density at radius 3 is 2.41 bits per heavy atom. The molecule has 3 fully saturated rings. The van der Waals surface area contributed by atoms with Gasteiger partial charge in [-0.15, -0.1) is 0 Å². The number of carbonyl (C=O) groups excluding carboxylic acids is 4. The van der Waals surface area contributed by atoms with E-state index >= 15 is 0 Å². The van der Waals surface area contributed by atoms with Crippen LogP contribution in [0.3, 0.4) is 0 Å². The molecule has 2 aliphatic carbocycles. The number of fused-ring (bicyclic) bond motifs is 1. The molecule has 2 atom stereocenters. The lowest BCUT2D eigenvalue weighted by molar-refractivity contribution is -0.133. The minimum absolute atomic E-state index is 0.0142. The lowest BCUT2D eigenvalue weighted by Crippen LogP contribution is -2.55. The minimum Gasteiger partial charge on any atom is -0.476 e. The number of amides is 4. The predicted octanol–water partition coefficient (Wildman–Crippen LogP) is 3.89. The summed E-state index contributed by atoms with van der Waals surface area (Å²) in [6.07, 6.45) is 3.09. The monoisotopic (exact) mass is 642 g/mol. The summed E-state index contributed by atoms with van der Waals surface area (Å²) in [5, 5.41) is 3.14. The molecule has 1 N–H and O–H groups in total. The minimum atomic E-state index is -1.04. The lowest BCUT2D eigenvalue weighted by Gasteiger charge is -2.40. The van der Waals surface area contributed by atoms with Gasteiger partial charge in [-0.3, -0.25) is 14.4 Å². The largest absolute Gasteiger partial charge is 0.476 e. The van der Waals surface area contributed by atoms with Gasteiger partial charge in [0.05, 0.1) is 36.3 Å². The maximum Gasteiger partial charge on any atom is 0.410 e. The number of hydrogen-bond acceptors (Lipinski definition) is 8. The highest BCUT2D eigenvalue weighted by Gasteiger charge is 2.48. The highest BCUT2D eigenvalue weighted by atomic mass is 16.6. The summed E-state index contributed by atoms with van der Waals surface area (Å²) < 4.78 is 22.7. The highest BCUT2D eigenvalue weighted by Crippen LogP contribution is 2.43. The van der Waals surface area contributed by atoms with Gasteiger partial charge < -0.3 is 39.0 Å². The number of methoxy groups -OCH3 is 1. The van der Waals surface area contributed by atoms with Crippen molar-refractivity contribution in [1.29, 1.82) is 0 Å². The number of likely N-dealkylation sites (tertiary alicyclic amines) is 1. The van der Waals surface area contributed by atoms with Crippen LogP contribution in [-0.4, -0.2) is 98.1 Å². The first-order valence-corrected chi connectivity index (χ1v) is 16.5. The average molecular weight is 643 g/mol. The van der Waals surface area contributed by atoms with Crippen molar-refractivity contribution in [3.05, 3.63) is 18.2 Å². The molecule has 0 aromatic heterocycles. The lowest BCUT2D eigenvalue weighted by atomic mass is 9.87. The molecule has 0 spiro atoms. The summed E-state index contributed by atoms with van der Waals surface area (Å²) >= 11 is 0. The topological polar surface area (TPSA) is 127 Å². The summed E-state index contributed by atoms with van der Waals surface area (Å²) in [4.78, 5) is 59.8. The van der Waals surface area contributed by atoms with Gasteiger partial charge in [0.1, 0.15) is 11.4 Å². The Hall–Kier alpha value is -3.38. The fourth-order valence-corrected chi connectivity index (χ4v) is 6.31. The molecule has 4 aliphatic rings. The third kappa shape index (κ3) is 7.60. The van der Waals surface area contributed by atoms with E-state index in [4.69, 9.17) is 18.9 Å². The van der Waals surface area contributed by atoms with Crippen molar-refractivity contribution < 1.29 is 38.1 Å². The third-order valence-corrected chi connectivity index (χ3v) is 8.93. The molecule has 2 heterocycles. The zero-order valence-corrected chi connectivity index (χ0v) is 28.3. The first kappa shape index (κ1) is 34.0. The fourth-order valence-electron chi connectivity index (χ4n) is 6.31. The summed E-state index contributed by atoms with van der Waals surface area (Å²) in [5.41, 5.74) is -0.920. The molecule has 254 valence electrons. The Labute approximate surface area is 272 Å². The van der Waals surface area contributed by atoms with Crippen LogP contribution in [0.5, 0.6) is 5.75 Å². The number of nitrogens with zero attached hydrogens (tertiary/aromatic N) is 3. The Kier molecular flexibility index (Phi) is 9.62. The Balaban J connectivity index is 1.42. The molecule has 1 saturated heterocycles. The summed E-state index contributed by atoms with van der Waals surface area (Å²) in [6.45, 7) is 12.7. The van der Waals surface area contributed by atoms with Crippen LogP contribution < -0.4 is 19.9 Å². The van der Waals surface area contributed by atoms with Crippen molar-refractivity contribution >= 4 is 35.2 Å². The van der Waals surface area contributed by atoms with E-state index in [1.165, 1.54) is 4.90 Å². The number of benzene rings is 1. The third-order valence-electron chi connectivity index (χ3n) is 8.93. The standard InChI is InChI=1S/C34H50N4O8/c1-8-44-16-15-37-26-18-25(11-12-27(26)45-33(5,6)30(37)41)38(24-9-10-24)29(40)23-17-22(28(39)35-34(13-14-34)21-43-7)19-36(20-23)31(42)46-32(2,3)4/h11-12,18,22-24H,8-10,13-17,19-21H2,1-7H3,(H,35,39)/t22-,23+/m0/s1. The number of carbonyl (C=O) groups is 4. The van der Waals surface area contributed by atoms with Crippen molar-refractivity contribution in [2.75, 3.05) is 56.4 Å². The van der Waals surface area contributed by atoms with Gasteiger partial charge >= 0.3 is 6.09 Å². The van der Waals surface area contributed by atoms with Crippen LogP contribution in [0.15, 0.2) is 18.2 Å². The van der Waals surface area contributed by atoms with E-state index in [1.54, 1.807) is 51.5 Å². The van der Waals surface area contributed by atoms with Crippen molar-refractivity contribution in [2.24, 2.45) is 11.8 Å². The van der Waals surface area contributed by atoms with E-state index in [0.717, 1.165) is 25.7 Å². The van der Waals surface area contributed by atoms with E-state index < -0.39 is 29.1 Å². The van der Waals surface area contributed by atoms with E-state index in [-0.39, 0.29) is 42.4 Å². The zero-order chi connectivity index (χ0) is 33.4. The summed E-state index contributed by atoms with van der Waals surface area (Å²) in [7, 11) is 1.61. The van der Waals surface area contributed by atoms with Gasteiger partial charge in [-0.05, 0) is 91.8 Å². The number of hydrogen-bond donors (Lipinski definition) is 1.